The molecular formula is C18H23N3O2S. The Morgan fingerprint density at radius 3 is 2.83 bits per heavy atom. The van der Waals surface area contributed by atoms with Crippen molar-refractivity contribution in [2.24, 2.45) is 0 Å². The van der Waals surface area contributed by atoms with Gasteiger partial charge >= 0.3 is 0 Å². The maximum Gasteiger partial charge on any atom is 0.230 e. The van der Waals surface area contributed by atoms with E-state index in [1.165, 1.54) is 11.3 Å². The van der Waals surface area contributed by atoms with E-state index >= 15 is 0 Å². The molecule has 6 heteroatoms. The number of amides is 1. The maximum atomic E-state index is 12.1. The van der Waals surface area contributed by atoms with Crippen LogP contribution in [-0.4, -0.2) is 40.1 Å². The number of aliphatic hydroxyl groups excluding tert-OH is 1. The molecule has 1 atom stereocenters. The largest absolute Gasteiger partial charge is 0.395 e. The molecule has 0 bridgehead atoms. The minimum absolute atomic E-state index is 0.0471. The number of aromatic nitrogens is 1. The summed E-state index contributed by atoms with van der Waals surface area (Å²) in [5.41, 5.74) is 2.95. The number of thiazole rings is 1. The van der Waals surface area contributed by atoms with Crippen LogP contribution in [0.4, 0.5) is 10.8 Å². The topological polar surface area (TPSA) is 56.7 Å². The highest BCUT2D eigenvalue weighted by Gasteiger charge is 2.25. The van der Waals surface area contributed by atoms with Crippen molar-refractivity contribution in [1.82, 2.24) is 9.88 Å². The van der Waals surface area contributed by atoms with Crippen LogP contribution in [0.1, 0.15) is 31.0 Å². The quantitative estimate of drug-likeness (QED) is 0.905. The predicted octanol–water partition coefficient (Wildman–Crippen LogP) is 3.09. The van der Waals surface area contributed by atoms with Gasteiger partial charge in [0, 0.05) is 24.9 Å². The molecule has 3 rings (SSSR count). The van der Waals surface area contributed by atoms with E-state index in [9.17, 15) is 9.90 Å². The van der Waals surface area contributed by atoms with Gasteiger partial charge in [-0.1, -0.05) is 17.7 Å². The Morgan fingerprint density at radius 1 is 1.42 bits per heavy atom. The lowest BCUT2D eigenvalue weighted by Crippen LogP contribution is -2.31. The second-order valence-electron chi connectivity index (χ2n) is 6.26. The highest BCUT2D eigenvalue weighted by Crippen LogP contribution is 2.30. The molecule has 2 aromatic rings. The average molecular weight is 345 g/mol. The van der Waals surface area contributed by atoms with Gasteiger partial charge in [-0.25, -0.2) is 4.98 Å². The third-order valence-electron chi connectivity index (χ3n) is 4.41. The van der Waals surface area contributed by atoms with Crippen molar-refractivity contribution in [1.29, 1.82) is 0 Å². The first-order valence-corrected chi connectivity index (χ1v) is 9.13. The van der Waals surface area contributed by atoms with Gasteiger partial charge in [-0.05, 0) is 38.4 Å². The number of hydrogen-bond acceptors (Lipinski definition) is 5. The predicted molar refractivity (Wildman–Crippen MR) is 96.6 cm³/mol. The van der Waals surface area contributed by atoms with E-state index in [1.807, 2.05) is 36.6 Å². The van der Waals surface area contributed by atoms with Crippen molar-refractivity contribution in [3.05, 3.63) is 40.9 Å². The van der Waals surface area contributed by atoms with Crippen LogP contribution in [0.2, 0.25) is 0 Å². The molecule has 0 aliphatic carbocycles. The third-order valence-corrected chi connectivity index (χ3v) is 5.29. The first-order valence-electron chi connectivity index (χ1n) is 8.25. The first-order chi connectivity index (χ1) is 11.6. The van der Waals surface area contributed by atoms with Crippen molar-refractivity contribution in [3.63, 3.8) is 0 Å². The van der Waals surface area contributed by atoms with Gasteiger partial charge in [-0.3, -0.25) is 14.6 Å². The minimum Gasteiger partial charge on any atom is -0.395 e. The van der Waals surface area contributed by atoms with Crippen LogP contribution >= 0.6 is 11.3 Å². The molecule has 5 nitrogen and oxygen atoms in total. The molecule has 0 unspecified atom stereocenters. The number of benzene rings is 1. The van der Waals surface area contributed by atoms with Crippen molar-refractivity contribution in [2.75, 3.05) is 18.1 Å². The Labute approximate surface area is 146 Å². The van der Waals surface area contributed by atoms with E-state index in [0.29, 0.717) is 5.13 Å². The van der Waals surface area contributed by atoms with Gasteiger partial charge in [-0.15, -0.1) is 11.3 Å². The molecule has 128 valence electrons. The third kappa shape index (κ3) is 3.66. The number of hydrogen-bond donors (Lipinski definition) is 1. The lowest BCUT2D eigenvalue weighted by Gasteiger charge is -2.21. The van der Waals surface area contributed by atoms with Gasteiger partial charge < -0.3 is 5.11 Å². The second kappa shape index (κ2) is 7.42. The zero-order valence-corrected chi connectivity index (χ0v) is 14.9. The summed E-state index contributed by atoms with van der Waals surface area (Å²) in [4.78, 5) is 20.7. The summed E-state index contributed by atoms with van der Waals surface area (Å²) in [5, 5.41) is 12.1. The molecule has 0 spiro atoms. The summed E-state index contributed by atoms with van der Waals surface area (Å²) in [5.74, 6) is -0.0471. The summed E-state index contributed by atoms with van der Waals surface area (Å²) in [6.07, 6.45) is 2.15. The number of aliphatic hydroxyl groups is 1. The first kappa shape index (κ1) is 17.1. The van der Waals surface area contributed by atoms with Gasteiger partial charge in [0.1, 0.15) is 0 Å². The Morgan fingerprint density at radius 2 is 2.17 bits per heavy atom. The van der Waals surface area contributed by atoms with Gasteiger partial charge in [0.25, 0.3) is 0 Å². The molecule has 1 aliphatic rings. The molecule has 1 amide bonds. The molecule has 1 aliphatic heterocycles. The lowest BCUT2D eigenvalue weighted by atomic mass is 10.2. The summed E-state index contributed by atoms with van der Waals surface area (Å²) in [6.45, 7) is 5.49. The fourth-order valence-corrected chi connectivity index (χ4v) is 3.99. The van der Waals surface area contributed by atoms with E-state index in [4.69, 9.17) is 0 Å². The number of anilines is 2. The van der Waals surface area contributed by atoms with E-state index < -0.39 is 0 Å². The minimum atomic E-state index is -0.0471. The number of carbonyl (C=O) groups is 1. The van der Waals surface area contributed by atoms with Crippen LogP contribution in [0, 0.1) is 6.92 Å². The highest BCUT2D eigenvalue weighted by molar-refractivity contribution is 7.14. The molecule has 1 aromatic heterocycles. The van der Waals surface area contributed by atoms with Crippen LogP contribution in [0.25, 0.3) is 0 Å². The van der Waals surface area contributed by atoms with E-state index in [0.717, 1.165) is 42.9 Å². The van der Waals surface area contributed by atoms with E-state index in [2.05, 4.69) is 9.88 Å². The van der Waals surface area contributed by atoms with Crippen LogP contribution in [0.15, 0.2) is 29.6 Å². The van der Waals surface area contributed by atoms with Crippen molar-refractivity contribution in [2.45, 2.75) is 39.3 Å². The smallest absolute Gasteiger partial charge is 0.230 e. The molecule has 24 heavy (non-hydrogen) atoms. The van der Waals surface area contributed by atoms with Crippen LogP contribution in [0.3, 0.4) is 0 Å². The van der Waals surface area contributed by atoms with Gasteiger partial charge in [0.15, 0.2) is 5.13 Å². The van der Waals surface area contributed by atoms with Gasteiger partial charge in [0.05, 0.1) is 18.0 Å². The monoisotopic (exact) mass is 345 g/mol. The molecule has 0 saturated carbocycles. The normalized spacial score (nSPS) is 18.0. The van der Waals surface area contributed by atoms with Crippen molar-refractivity contribution >= 4 is 28.1 Å². The fraction of sp³-hybridized carbons (Fsp3) is 0.444. The highest BCUT2D eigenvalue weighted by atomic mass is 32.1. The maximum absolute atomic E-state index is 12.1. The van der Waals surface area contributed by atoms with Crippen LogP contribution in [-0.2, 0) is 11.3 Å². The average Bonchev–Trinajstić information content (AvgIpc) is 3.19. The number of nitrogens with zero attached hydrogens (tertiary/aromatic N) is 3. The Balaban J connectivity index is 1.79. The number of rotatable bonds is 5. The fourth-order valence-electron chi connectivity index (χ4n) is 3.11. The zero-order valence-electron chi connectivity index (χ0n) is 14.1. The van der Waals surface area contributed by atoms with Gasteiger partial charge in [-0.2, -0.15) is 0 Å². The van der Waals surface area contributed by atoms with Crippen molar-refractivity contribution < 1.29 is 9.90 Å². The summed E-state index contributed by atoms with van der Waals surface area (Å²) in [6, 6.07) is 8.11. The molecule has 2 heterocycles. The van der Waals surface area contributed by atoms with Crippen molar-refractivity contribution in [3.8, 4) is 0 Å². The molecule has 0 radical (unpaired) electrons. The summed E-state index contributed by atoms with van der Waals surface area (Å²) in [7, 11) is 0. The van der Waals surface area contributed by atoms with E-state index in [-0.39, 0.29) is 18.6 Å². The Kier molecular flexibility index (Phi) is 5.28. The lowest BCUT2D eigenvalue weighted by molar-refractivity contribution is -0.115. The SMILES string of the molecule is CC(=O)N(c1ccc(C)cc1)c1nc(CN2CCC[C@H]2CO)cs1. The summed E-state index contributed by atoms with van der Waals surface area (Å²) >= 11 is 1.48. The number of carbonyl (C=O) groups excluding carboxylic acids is 1. The van der Waals surface area contributed by atoms with Gasteiger partial charge in [0.2, 0.25) is 5.91 Å². The number of aryl methyl sites for hydroxylation is 1. The standard InChI is InChI=1S/C18H23N3O2S/c1-13-5-7-16(8-6-13)21(14(2)23)18-19-15(12-24-18)10-20-9-3-4-17(20)11-22/h5-8,12,17,22H,3-4,9-11H2,1-2H3/t17-/m0/s1. The summed E-state index contributed by atoms with van der Waals surface area (Å²) < 4.78 is 0. The van der Waals surface area contributed by atoms with E-state index in [1.54, 1.807) is 11.8 Å². The molecule has 1 fully saturated rings. The van der Waals surface area contributed by atoms with Crippen LogP contribution in [0.5, 0.6) is 0 Å². The zero-order chi connectivity index (χ0) is 17.1. The molecule has 1 N–H and O–H groups in total. The Bertz CT molecular complexity index is 699. The second-order valence-corrected chi connectivity index (χ2v) is 7.10. The molecule has 1 saturated heterocycles. The molecule has 1 aromatic carbocycles. The number of likely N-dealkylation sites (tertiary alicyclic amines) is 1. The van der Waals surface area contributed by atoms with Crippen LogP contribution < -0.4 is 4.90 Å². The Hall–Kier alpha value is -1.76. The molecular weight excluding hydrogens is 322 g/mol.